The van der Waals surface area contributed by atoms with Gasteiger partial charge in [-0.05, 0) is 31.9 Å². The molecule has 0 aliphatic carbocycles. The van der Waals surface area contributed by atoms with Crippen molar-refractivity contribution >= 4 is 17.5 Å². The second-order valence-electron chi connectivity index (χ2n) is 5.73. The molecule has 5 nitrogen and oxygen atoms in total. The van der Waals surface area contributed by atoms with E-state index < -0.39 is 6.04 Å². The average Bonchev–Trinajstić information content (AvgIpc) is 2.59. The molecule has 2 amide bonds. The number of rotatable bonds is 3. The van der Waals surface area contributed by atoms with E-state index >= 15 is 0 Å². The van der Waals surface area contributed by atoms with Crippen molar-refractivity contribution in [2.45, 2.75) is 46.6 Å². The number of pyridine rings is 1. The summed E-state index contributed by atoms with van der Waals surface area (Å²) in [6, 6.07) is 3.36. The van der Waals surface area contributed by atoms with E-state index in [1.165, 1.54) is 0 Å². The molecular formula is C16H23N3O2. The Morgan fingerprint density at radius 2 is 2.10 bits per heavy atom. The normalized spacial score (nSPS) is 21.0. The Hall–Kier alpha value is -1.91. The molecule has 2 heterocycles. The summed E-state index contributed by atoms with van der Waals surface area (Å²) in [5.74, 6) is 0.0126. The maximum Gasteiger partial charge on any atom is 0.249 e. The molecule has 1 aliphatic rings. The number of hydrogen-bond acceptors (Lipinski definition) is 3. The number of aryl methyl sites for hydroxylation is 2. The Morgan fingerprint density at radius 1 is 1.38 bits per heavy atom. The number of nitrogens with one attached hydrogen (secondary N) is 1. The fraction of sp³-hybridized carbons (Fsp3) is 0.562. The minimum atomic E-state index is -0.453. The second kappa shape index (κ2) is 6.24. The first-order valence-corrected chi connectivity index (χ1v) is 7.49. The van der Waals surface area contributed by atoms with Crippen LogP contribution in [0.5, 0.6) is 0 Å². The van der Waals surface area contributed by atoms with E-state index in [4.69, 9.17) is 0 Å². The molecule has 2 rings (SSSR count). The molecule has 1 aromatic rings. The van der Waals surface area contributed by atoms with Gasteiger partial charge in [0, 0.05) is 18.7 Å². The highest BCUT2D eigenvalue weighted by atomic mass is 16.2. The monoisotopic (exact) mass is 289 g/mol. The lowest BCUT2D eigenvalue weighted by Crippen LogP contribution is -2.48. The van der Waals surface area contributed by atoms with Crippen LogP contribution >= 0.6 is 0 Å². The van der Waals surface area contributed by atoms with E-state index in [1.807, 2.05) is 39.8 Å². The van der Waals surface area contributed by atoms with Crippen molar-refractivity contribution in [3.05, 3.63) is 23.5 Å². The molecule has 1 aliphatic heterocycles. The van der Waals surface area contributed by atoms with Crippen molar-refractivity contribution < 1.29 is 9.59 Å². The van der Waals surface area contributed by atoms with Crippen molar-refractivity contribution in [3.63, 3.8) is 0 Å². The van der Waals surface area contributed by atoms with Crippen molar-refractivity contribution in [1.29, 1.82) is 0 Å². The first kappa shape index (κ1) is 15.5. The smallest absolute Gasteiger partial charge is 0.249 e. The zero-order chi connectivity index (χ0) is 15.6. The zero-order valence-corrected chi connectivity index (χ0v) is 13.1. The highest BCUT2D eigenvalue weighted by molar-refractivity contribution is 6.01. The molecule has 2 atom stereocenters. The largest absolute Gasteiger partial charge is 0.344 e. The Bertz CT molecular complexity index is 556. The molecule has 21 heavy (non-hydrogen) atoms. The Labute approximate surface area is 125 Å². The summed E-state index contributed by atoms with van der Waals surface area (Å²) in [5.41, 5.74) is 2.54. The number of aromatic nitrogens is 1. The molecule has 2 unspecified atom stereocenters. The van der Waals surface area contributed by atoms with Crippen LogP contribution in [0.4, 0.5) is 5.69 Å². The van der Waals surface area contributed by atoms with Crippen LogP contribution in [0.1, 0.15) is 38.1 Å². The number of nitrogens with zero attached hydrogens (tertiary/aromatic N) is 2. The van der Waals surface area contributed by atoms with Gasteiger partial charge in [0.05, 0.1) is 11.4 Å². The minimum Gasteiger partial charge on any atom is -0.344 e. The van der Waals surface area contributed by atoms with E-state index in [9.17, 15) is 9.59 Å². The number of amides is 2. The summed E-state index contributed by atoms with van der Waals surface area (Å²) in [7, 11) is 0. The van der Waals surface area contributed by atoms with Crippen LogP contribution < -0.4 is 10.2 Å². The van der Waals surface area contributed by atoms with Crippen LogP contribution in [0.25, 0.3) is 0 Å². The number of anilines is 1. The van der Waals surface area contributed by atoms with Crippen LogP contribution in [-0.2, 0) is 9.59 Å². The molecule has 0 saturated carbocycles. The van der Waals surface area contributed by atoms with Crippen LogP contribution in [0, 0.1) is 19.8 Å². The highest BCUT2D eigenvalue weighted by Gasteiger charge is 2.34. The van der Waals surface area contributed by atoms with E-state index in [2.05, 4.69) is 10.3 Å². The van der Waals surface area contributed by atoms with Crippen LogP contribution in [0.3, 0.4) is 0 Å². The quantitative estimate of drug-likeness (QED) is 0.925. The van der Waals surface area contributed by atoms with Gasteiger partial charge < -0.3 is 10.2 Å². The molecule has 1 fully saturated rings. The van der Waals surface area contributed by atoms with Gasteiger partial charge in [-0.25, -0.2) is 0 Å². The third-order valence-electron chi connectivity index (χ3n) is 4.11. The third-order valence-corrected chi connectivity index (χ3v) is 4.11. The van der Waals surface area contributed by atoms with Gasteiger partial charge in [-0.15, -0.1) is 0 Å². The lowest BCUT2D eigenvalue weighted by molar-refractivity contribution is -0.126. The standard InChI is InChI=1S/C16H23N3O2/c1-5-10(2)15-16(21)19(9-8-14(20)18-15)13-7-6-11(3)17-12(13)4/h6-7,10,15H,5,8-9H2,1-4H3,(H,18,20). The fourth-order valence-electron chi connectivity index (χ4n) is 2.62. The molecule has 0 bridgehead atoms. The van der Waals surface area contributed by atoms with Crippen LogP contribution in [0.2, 0.25) is 0 Å². The van der Waals surface area contributed by atoms with Gasteiger partial charge in [-0.2, -0.15) is 0 Å². The first-order valence-electron chi connectivity index (χ1n) is 7.49. The Balaban J connectivity index is 2.37. The third kappa shape index (κ3) is 3.23. The minimum absolute atomic E-state index is 0.0380. The van der Waals surface area contributed by atoms with Gasteiger partial charge >= 0.3 is 0 Å². The average molecular weight is 289 g/mol. The van der Waals surface area contributed by atoms with Gasteiger partial charge in [-0.1, -0.05) is 20.3 Å². The van der Waals surface area contributed by atoms with E-state index in [0.29, 0.717) is 13.0 Å². The summed E-state index contributed by atoms with van der Waals surface area (Å²) in [5, 5.41) is 2.86. The fourth-order valence-corrected chi connectivity index (χ4v) is 2.62. The van der Waals surface area contributed by atoms with Gasteiger partial charge in [0.15, 0.2) is 0 Å². The molecule has 1 aromatic heterocycles. The van der Waals surface area contributed by atoms with E-state index in [1.54, 1.807) is 4.90 Å². The number of hydrogen-bond donors (Lipinski definition) is 1. The van der Waals surface area contributed by atoms with Gasteiger partial charge in [-0.3, -0.25) is 14.6 Å². The van der Waals surface area contributed by atoms with E-state index in [0.717, 1.165) is 23.5 Å². The number of carbonyl (C=O) groups excluding carboxylic acids is 2. The Kier molecular flexibility index (Phi) is 4.60. The molecular weight excluding hydrogens is 266 g/mol. The predicted octanol–water partition coefficient (Wildman–Crippen LogP) is 1.97. The lowest BCUT2D eigenvalue weighted by Gasteiger charge is -2.28. The summed E-state index contributed by atoms with van der Waals surface area (Å²) >= 11 is 0. The topological polar surface area (TPSA) is 62.3 Å². The maximum absolute atomic E-state index is 12.8. The summed E-state index contributed by atoms with van der Waals surface area (Å²) in [6.07, 6.45) is 1.17. The second-order valence-corrected chi connectivity index (χ2v) is 5.73. The SMILES string of the molecule is CCC(C)C1NC(=O)CCN(c2ccc(C)nc2C)C1=O. The van der Waals surface area contributed by atoms with Crippen molar-refractivity contribution in [1.82, 2.24) is 10.3 Å². The maximum atomic E-state index is 12.8. The van der Waals surface area contributed by atoms with Crippen molar-refractivity contribution in [2.75, 3.05) is 11.4 Å². The summed E-state index contributed by atoms with van der Waals surface area (Å²) in [4.78, 5) is 30.8. The van der Waals surface area contributed by atoms with Gasteiger partial charge in [0.1, 0.15) is 6.04 Å². The van der Waals surface area contributed by atoms with Crippen molar-refractivity contribution in [3.8, 4) is 0 Å². The first-order chi connectivity index (χ1) is 9.93. The molecule has 1 saturated heterocycles. The van der Waals surface area contributed by atoms with Gasteiger partial charge in [0.25, 0.3) is 0 Å². The lowest BCUT2D eigenvalue weighted by atomic mass is 9.98. The molecule has 5 heteroatoms. The highest BCUT2D eigenvalue weighted by Crippen LogP contribution is 2.23. The molecule has 1 N–H and O–H groups in total. The molecule has 0 spiro atoms. The molecule has 114 valence electrons. The van der Waals surface area contributed by atoms with Crippen molar-refractivity contribution in [2.24, 2.45) is 5.92 Å². The van der Waals surface area contributed by atoms with E-state index in [-0.39, 0.29) is 17.7 Å². The molecule has 0 aromatic carbocycles. The Morgan fingerprint density at radius 3 is 2.71 bits per heavy atom. The predicted molar refractivity (Wildman–Crippen MR) is 82.1 cm³/mol. The van der Waals surface area contributed by atoms with Crippen LogP contribution in [-0.4, -0.2) is 29.4 Å². The molecule has 0 radical (unpaired) electrons. The summed E-state index contributed by atoms with van der Waals surface area (Å²) < 4.78 is 0. The van der Waals surface area contributed by atoms with Crippen LogP contribution in [0.15, 0.2) is 12.1 Å². The van der Waals surface area contributed by atoms with Gasteiger partial charge in [0.2, 0.25) is 11.8 Å². The number of carbonyl (C=O) groups is 2. The summed E-state index contributed by atoms with van der Waals surface area (Å²) in [6.45, 7) is 8.25. The zero-order valence-electron chi connectivity index (χ0n) is 13.1.